The zero-order valence-electron chi connectivity index (χ0n) is 15.8. The summed E-state index contributed by atoms with van der Waals surface area (Å²) in [6, 6.07) is 8.84. The SMILES string of the molecule is Cc1cc(C(C)NCc2cccc3c2nnn3C)c(C)s1.O=C(O)C(F)(F)F. The third-order valence-electron chi connectivity index (χ3n) is 4.11. The first-order valence-electron chi connectivity index (χ1n) is 8.38. The molecule has 1 atom stereocenters. The maximum Gasteiger partial charge on any atom is 0.490 e. The molecule has 0 fully saturated rings. The molecule has 152 valence electrons. The highest BCUT2D eigenvalue weighted by Crippen LogP contribution is 2.26. The summed E-state index contributed by atoms with van der Waals surface area (Å²) in [6.45, 7) is 7.36. The number of aryl methyl sites for hydroxylation is 3. The number of halogens is 3. The fourth-order valence-corrected chi connectivity index (χ4v) is 3.73. The molecule has 0 amide bonds. The Morgan fingerprint density at radius 1 is 1.36 bits per heavy atom. The van der Waals surface area contributed by atoms with E-state index >= 15 is 0 Å². The van der Waals surface area contributed by atoms with Crippen LogP contribution in [0.4, 0.5) is 13.2 Å². The van der Waals surface area contributed by atoms with E-state index in [4.69, 9.17) is 9.90 Å². The topological polar surface area (TPSA) is 80.0 Å². The Balaban J connectivity index is 0.000000345. The second-order valence-electron chi connectivity index (χ2n) is 6.27. The van der Waals surface area contributed by atoms with Crippen molar-refractivity contribution in [2.45, 2.75) is 39.5 Å². The Kier molecular flexibility index (Phi) is 6.78. The number of fused-ring (bicyclic) bond motifs is 1. The molecule has 0 bridgehead atoms. The standard InChI is InChI=1S/C16H20N4S.C2HF3O2/c1-10-8-14(12(3)21-10)11(2)17-9-13-6-5-7-15-16(13)18-19-20(15)4;3-2(4,5)1(6)7/h5-8,11,17H,9H2,1-4H3;(H,6,7). The van der Waals surface area contributed by atoms with Gasteiger partial charge in [0.25, 0.3) is 0 Å². The number of nitrogens with zero attached hydrogens (tertiary/aromatic N) is 3. The van der Waals surface area contributed by atoms with Crippen LogP contribution in [0.2, 0.25) is 0 Å². The zero-order chi connectivity index (χ0) is 21.1. The molecule has 2 N–H and O–H groups in total. The Bertz CT molecular complexity index is 966. The summed E-state index contributed by atoms with van der Waals surface area (Å²) in [5.41, 5.74) is 4.64. The second-order valence-corrected chi connectivity index (χ2v) is 7.73. The van der Waals surface area contributed by atoms with Crippen molar-refractivity contribution in [3.63, 3.8) is 0 Å². The van der Waals surface area contributed by atoms with E-state index in [2.05, 4.69) is 60.7 Å². The predicted octanol–water partition coefficient (Wildman–Crippen LogP) is 4.13. The minimum absolute atomic E-state index is 0.335. The monoisotopic (exact) mass is 414 g/mol. The van der Waals surface area contributed by atoms with Gasteiger partial charge in [-0.25, -0.2) is 9.48 Å². The molecular formula is C18H21F3N4O2S. The Morgan fingerprint density at radius 2 is 2.00 bits per heavy atom. The molecule has 0 aliphatic carbocycles. The van der Waals surface area contributed by atoms with Crippen molar-refractivity contribution < 1.29 is 23.1 Å². The van der Waals surface area contributed by atoms with E-state index in [9.17, 15) is 13.2 Å². The molecule has 6 nitrogen and oxygen atoms in total. The van der Waals surface area contributed by atoms with Gasteiger partial charge in [-0.1, -0.05) is 17.3 Å². The van der Waals surface area contributed by atoms with Gasteiger partial charge in [0.15, 0.2) is 0 Å². The second kappa shape index (κ2) is 8.70. The minimum atomic E-state index is -5.08. The number of carbonyl (C=O) groups is 1. The lowest BCUT2D eigenvalue weighted by molar-refractivity contribution is -0.192. The highest BCUT2D eigenvalue weighted by atomic mass is 32.1. The Labute approximate surface area is 164 Å². The molecule has 0 saturated carbocycles. The predicted molar refractivity (Wildman–Crippen MR) is 101 cm³/mol. The molecule has 3 rings (SSSR count). The fourth-order valence-electron chi connectivity index (χ4n) is 2.71. The lowest BCUT2D eigenvalue weighted by Gasteiger charge is -2.14. The van der Waals surface area contributed by atoms with Gasteiger partial charge in [-0.15, -0.1) is 16.4 Å². The molecular weight excluding hydrogens is 393 g/mol. The molecule has 0 radical (unpaired) electrons. The molecule has 2 aromatic heterocycles. The largest absolute Gasteiger partial charge is 0.490 e. The number of nitrogens with one attached hydrogen (secondary N) is 1. The van der Waals surface area contributed by atoms with Crippen molar-refractivity contribution >= 4 is 28.3 Å². The van der Waals surface area contributed by atoms with Crippen LogP contribution in [0.3, 0.4) is 0 Å². The van der Waals surface area contributed by atoms with Crippen molar-refractivity contribution in [3.05, 3.63) is 45.1 Å². The number of hydrogen-bond donors (Lipinski definition) is 2. The summed E-state index contributed by atoms with van der Waals surface area (Å²) in [6.07, 6.45) is -5.08. The van der Waals surface area contributed by atoms with Crippen molar-refractivity contribution in [2.75, 3.05) is 0 Å². The molecule has 0 saturated heterocycles. The van der Waals surface area contributed by atoms with Gasteiger partial charge in [0.05, 0.1) is 5.52 Å². The lowest BCUT2D eigenvalue weighted by Crippen LogP contribution is -2.21. The van der Waals surface area contributed by atoms with Gasteiger partial charge in [-0.05, 0) is 44.0 Å². The van der Waals surface area contributed by atoms with Crippen LogP contribution in [-0.2, 0) is 18.4 Å². The first-order valence-corrected chi connectivity index (χ1v) is 9.20. The third kappa shape index (κ3) is 5.29. The van der Waals surface area contributed by atoms with E-state index in [1.54, 1.807) is 0 Å². The van der Waals surface area contributed by atoms with Crippen LogP contribution < -0.4 is 5.32 Å². The van der Waals surface area contributed by atoms with Gasteiger partial charge in [0.2, 0.25) is 0 Å². The molecule has 0 spiro atoms. The van der Waals surface area contributed by atoms with E-state index < -0.39 is 12.1 Å². The van der Waals surface area contributed by atoms with Crippen LogP contribution in [0, 0.1) is 13.8 Å². The molecule has 1 unspecified atom stereocenters. The highest BCUT2D eigenvalue weighted by Gasteiger charge is 2.38. The number of carboxylic acid groups (broad SMARTS) is 1. The van der Waals surface area contributed by atoms with Crippen LogP contribution in [0.1, 0.15) is 33.8 Å². The lowest BCUT2D eigenvalue weighted by atomic mass is 10.1. The van der Waals surface area contributed by atoms with Crippen molar-refractivity contribution in [2.24, 2.45) is 7.05 Å². The molecule has 10 heteroatoms. The molecule has 3 aromatic rings. The Morgan fingerprint density at radius 3 is 2.54 bits per heavy atom. The first kappa shape index (κ1) is 21.8. The Hall–Kier alpha value is -2.46. The smallest absolute Gasteiger partial charge is 0.475 e. The molecule has 28 heavy (non-hydrogen) atoms. The summed E-state index contributed by atoms with van der Waals surface area (Å²) in [5, 5.41) is 19.1. The zero-order valence-corrected chi connectivity index (χ0v) is 16.6. The number of rotatable bonds is 4. The number of alkyl halides is 3. The number of aromatic nitrogens is 3. The van der Waals surface area contributed by atoms with Gasteiger partial charge >= 0.3 is 12.1 Å². The van der Waals surface area contributed by atoms with Crippen molar-refractivity contribution in [3.8, 4) is 0 Å². The average Bonchev–Trinajstić information content (AvgIpc) is 3.15. The summed E-state index contributed by atoms with van der Waals surface area (Å²) in [7, 11) is 1.92. The fraction of sp³-hybridized carbons (Fsp3) is 0.389. The number of thiophene rings is 1. The molecule has 0 aliphatic heterocycles. The van der Waals surface area contributed by atoms with E-state index in [-0.39, 0.29) is 0 Å². The maximum atomic E-state index is 10.6. The number of carboxylic acids is 1. The van der Waals surface area contributed by atoms with Gasteiger partial charge in [0.1, 0.15) is 5.52 Å². The van der Waals surface area contributed by atoms with E-state index in [0.29, 0.717) is 6.04 Å². The van der Waals surface area contributed by atoms with Crippen LogP contribution in [0.5, 0.6) is 0 Å². The van der Waals surface area contributed by atoms with Crippen LogP contribution in [0.15, 0.2) is 24.3 Å². The summed E-state index contributed by atoms with van der Waals surface area (Å²) in [4.78, 5) is 11.7. The summed E-state index contributed by atoms with van der Waals surface area (Å²) in [5.74, 6) is -2.76. The van der Waals surface area contributed by atoms with Gasteiger partial charge in [-0.3, -0.25) is 0 Å². The average molecular weight is 414 g/mol. The highest BCUT2D eigenvalue weighted by molar-refractivity contribution is 7.12. The molecule has 1 aromatic carbocycles. The van der Waals surface area contributed by atoms with Crippen LogP contribution >= 0.6 is 11.3 Å². The van der Waals surface area contributed by atoms with E-state index in [1.165, 1.54) is 20.9 Å². The molecule has 2 heterocycles. The summed E-state index contributed by atoms with van der Waals surface area (Å²) < 4.78 is 33.6. The quantitative estimate of drug-likeness (QED) is 0.671. The minimum Gasteiger partial charge on any atom is -0.475 e. The van der Waals surface area contributed by atoms with Crippen LogP contribution in [0.25, 0.3) is 11.0 Å². The van der Waals surface area contributed by atoms with Crippen molar-refractivity contribution in [1.82, 2.24) is 20.3 Å². The number of benzene rings is 1. The van der Waals surface area contributed by atoms with E-state index in [0.717, 1.165) is 17.6 Å². The van der Waals surface area contributed by atoms with Crippen molar-refractivity contribution in [1.29, 1.82) is 0 Å². The van der Waals surface area contributed by atoms with Gasteiger partial charge in [-0.2, -0.15) is 13.2 Å². The number of hydrogen-bond acceptors (Lipinski definition) is 5. The summed E-state index contributed by atoms with van der Waals surface area (Å²) >= 11 is 1.86. The van der Waals surface area contributed by atoms with Gasteiger partial charge < -0.3 is 10.4 Å². The molecule has 0 aliphatic rings. The third-order valence-corrected chi connectivity index (χ3v) is 5.09. The van der Waals surface area contributed by atoms with Gasteiger partial charge in [0, 0.05) is 29.4 Å². The number of aliphatic carboxylic acids is 1. The maximum absolute atomic E-state index is 10.6. The van der Waals surface area contributed by atoms with Crippen LogP contribution in [-0.4, -0.2) is 32.2 Å². The first-order chi connectivity index (χ1) is 13.0. The van der Waals surface area contributed by atoms with E-state index in [1.807, 2.05) is 23.1 Å². The normalized spacial score (nSPS) is 12.5.